The number of aliphatic hydroxyl groups is 1. The molecule has 0 bridgehead atoms. The zero-order valence-corrected chi connectivity index (χ0v) is 11.7. The molecule has 2 heterocycles. The van der Waals surface area contributed by atoms with Gasteiger partial charge in [0, 0.05) is 11.1 Å². The number of nitrogens with one attached hydrogen (secondary N) is 1. The van der Waals surface area contributed by atoms with Gasteiger partial charge in [-0.25, -0.2) is 4.98 Å². The van der Waals surface area contributed by atoms with E-state index in [9.17, 15) is 9.90 Å². The SMILES string of the molecule is Cc1c(CO)nc2cccc(NC(=O)C(C)(C)C)n12. The summed E-state index contributed by atoms with van der Waals surface area (Å²) >= 11 is 0. The molecule has 2 rings (SSSR count). The van der Waals surface area contributed by atoms with E-state index in [1.165, 1.54) is 0 Å². The number of hydrogen-bond acceptors (Lipinski definition) is 3. The first-order valence-corrected chi connectivity index (χ1v) is 6.24. The predicted octanol–water partition coefficient (Wildman–Crippen LogP) is 2.12. The van der Waals surface area contributed by atoms with Crippen molar-refractivity contribution in [3.8, 4) is 0 Å². The summed E-state index contributed by atoms with van der Waals surface area (Å²) in [7, 11) is 0. The summed E-state index contributed by atoms with van der Waals surface area (Å²) in [5, 5.41) is 12.2. The highest BCUT2D eigenvalue weighted by atomic mass is 16.3. The van der Waals surface area contributed by atoms with Crippen molar-refractivity contribution in [3.05, 3.63) is 29.6 Å². The predicted molar refractivity (Wildman–Crippen MR) is 73.9 cm³/mol. The number of nitrogens with zero attached hydrogens (tertiary/aromatic N) is 2. The molecule has 2 aromatic rings. The number of anilines is 1. The normalized spacial score (nSPS) is 11.8. The molecule has 2 aromatic heterocycles. The average molecular weight is 261 g/mol. The first-order valence-electron chi connectivity index (χ1n) is 6.24. The number of imidazole rings is 1. The molecule has 0 atom stereocenters. The maximum absolute atomic E-state index is 12.1. The van der Waals surface area contributed by atoms with E-state index in [1.807, 2.05) is 50.3 Å². The van der Waals surface area contributed by atoms with Gasteiger partial charge in [-0.15, -0.1) is 0 Å². The van der Waals surface area contributed by atoms with Crippen LogP contribution in [-0.4, -0.2) is 20.4 Å². The van der Waals surface area contributed by atoms with Crippen LogP contribution in [0.4, 0.5) is 5.82 Å². The lowest BCUT2D eigenvalue weighted by Crippen LogP contribution is -2.28. The summed E-state index contributed by atoms with van der Waals surface area (Å²) in [6, 6.07) is 5.51. The number of pyridine rings is 1. The van der Waals surface area contributed by atoms with Gasteiger partial charge in [-0.3, -0.25) is 9.20 Å². The largest absolute Gasteiger partial charge is 0.390 e. The number of aliphatic hydroxyl groups excluding tert-OH is 1. The van der Waals surface area contributed by atoms with E-state index in [2.05, 4.69) is 10.3 Å². The van der Waals surface area contributed by atoms with Crippen LogP contribution in [-0.2, 0) is 11.4 Å². The second-order valence-corrected chi connectivity index (χ2v) is 5.61. The summed E-state index contributed by atoms with van der Waals surface area (Å²) in [6.45, 7) is 7.35. The number of aryl methyl sites for hydroxylation is 1. The molecule has 0 aliphatic heterocycles. The molecule has 0 aromatic carbocycles. The summed E-state index contributed by atoms with van der Waals surface area (Å²) in [5.74, 6) is 0.612. The average Bonchev–Trinajstić information content (AvgIpc) is 2.66. The van der Waals surface area contributed by atoms with Crippen LogP contribution < -0.4 is 5.32 Å². The minimum absolute atomic E-state index is 0.0568. The van der Waals surface area contributed by atoms with Gasteiger partial charge in [-0.2, -0.15) is 0 Å². The van der Waals surface area contributed by atoms with Gasteiger partial charge in [0.1, 0.15) is 11.5 Å². The van der Waals surface area contributed by atoms with Crippen LogP contribution in [0.15, 0.2) is 18.2 Å². The summed E-state index contributed by atoms with van der Waals surface area (Å²) in [4.78, 5) is 16.4. The lowest BCUT2D eigenvalue weighted by molar-refractivity contribution is -0.123. The zero-order chi connectivity index (χ0) is 14.2. The van der Waals surface area contributed by atoms with E-state index in [0.717, 1.165) is 5.69 Å². The molecule has 0 aliphatic carbocycles. The Bertz CT molecular complexity index is 623. The maximum Gasteiger partial charge on any atom is 0.230 e. The summed E-state index contributed by atoms with van der Waals surface area (Å²) in [6.07, 6.45) is 0. The lowest BCUT2D eigenvalue weighted by Gasteiger charge is -2.18. The quantitative estimate of drug-likeness (QED) is 0.870. The van der Waals surface area contributed by atoms with Gasteiger partial charge < -0.3 is 10.4 Å². The van der Waals surface area contributed by atoms with Crippen LogP contribution in [0.3, 0.4) is 0 Å². The third kappa shape index (κ3) is 2.46. The van der Waals surface area contributed by atoms with Crippen molar-refractivity contribution < 1.29 is 9.90 Å². The molecular weight excluding hydrogens is 242 g/mol. The van der Waals surface area contributed by atoms with Crippen LogP contribution in [0.1, 0.15) is 32.2 Å². The number of fused-ring (bicyclic) bond motifs is 1. The van der Waals surface area contributed by atoms with Gasteiger partial charge in [0.05, 0.1) is 12.3 Å². The van der Waals surface area contributed by atoms with Gasteiger partial charge in [0.15, 0.2) is 0 Å². The number of carbonyl (C=O) groups is 1. The molecule has 0 aliphatic rings. The summed E-state index contributed by atoms with van der Waals surface area (Å²) < 4.78 is 1.84. The highest BCUT2D eigenvalue weighted by Crippen LogP contribution is 2.21. The zero-order valence-electron chi connectivity index (χ0n) is 11.7. The van der Waals surface area contributed by atoms with E-state index in [-0.39, 0.29) is 12.5 Å². The van der Waals surface area contributed by atoms with Crippen LogP contribution in [0.5, 0.6) is 0 Å². The van der Waals surface area contributed by atoms with E-state index >= 15 is 0 Å². The molecule has 0 fully saturated rings. The van der Waals surface area contributed by atoms with E-state index in [0.29, 0.717) is 17.2 Å². The van der Waals surface area contributed by atoms with Crippen molar-refractivity contribution >= 4 is 17.4 Å². The molecule has 1 amide bonds. The molecule has 0 spiro atoms. The number of amides is 1. The molecule has 102 valence electrons. The second kappa shape index (κ2) is 4.66. The number of carbonyl (C=O) groups excluding carboxylic acids is 1. The van der Waals surface area contributed by atoms with Crippen LogP contribution in [0, 0.1) is 12.3 Å². The third-order valence-electron chi connectivity index (χ3n) is 3.04. The van der Waals surface area contributed by atoms with Crippen molar-refractivity contribution in [1.29, 1.82) is 0 Å². The molecule has 5 heteroatoms. The molecule has 5 nitrogen and oxygen atoms in total. The number of aromatic nitrogens is 2. The van der Waals surface area contributed by atoms with Gasteiger partial charge in [-0.05, 0) is 19.1 Å². The topological polar surface area (TPSA) is 66.6 Å². The first kappa shape index (κ1) is 13.5. The van der Waals surface area contributed by atoms with Gasteiger partial charge in [0.25, 0.3) is 0 Å². The monoisotopic (exact) mass is 261 g/mol. The van der Waals surface area contributed by atoms with Crippen molar-refractivity contribution in [2.75, 3.05) is 5.32 Å². The van der Waals surface area contributed by atoms with E-state index in [1.54, 1.807) is 0 Å². The second-order valence-electron chi connectivity index (χ2n) is 5.61. The smallest absolute Gasteiger partial charge is 0.230 e. The molecule has 2 N–H and O–H groups in total. The Morgan fingerprint density at radius 2 is 2.11 bits per heavy atom. The van der Waals surface area contributed by atoms with Gasteiger partial charge in [-0.1, -0.05) is 26.8 Å². The molecule has 19 heavy (non-hydrogen) atoms. The Balaban J connectivity index is 2.50. The van der Waals surface area contributed by atoms with Gasteiger partial charge >= 0.3 is 0 Å². The van der Waals surface area contributed by atoms with E-state index in [4.69, 9.17) is 0 Å². The Morgan fingerprint density at radius 3 is 2.68 bits per heavy atom. The van der Waals surface area contributed by atoms with Crippen molar-refractivity contribution in [2.24, 2.45) is 5.41 Å². The van der Waals surface area contributed by atoms with Crippen molar-refractivity contribution in [2.45, 2.75) is 34.3 Å². The molecule has 0 radical (unpaired) electrons. The Morgan fingerprint density at radius 1 is 1.42 bits per heavy atom. The Labute approximate surface area is 112 Å². The van der Waals surface area contributed by atoms with E-state index < -0.39 is 5.41 Å². The first-order chi connectivity index (χ1) is 8.84. The minimum atomic E-state index is -0.462. The molecular formula is C14H19N3O2. The van der Waals surface area contributed by atoms with Crippen LogP contribution in [0.25, 0.3) is 5.65 Å². The Kier molecular flexibility index (Phi) is 3.32. The number of hydrogen-bond donors (Lipinski definition) is 2. The fourth-order valence-electron chi connectivity index (χ4n) is 1.84. The van der Waals surface area contributed by atoms with Crippen LogP contribution in [0.2, 0.25) is 0 Å². The molecule has 0 unspecified atom stereocenters. The Hall–Kier alpha value is -1.88. The lowest BCUT2D eigenvalue weighted by atomic mass is 9.96. The highest BCUT2D eigenvalue weighted by Gasteiger charge is 2.22. The van der Waals surface area contributed by atoms with Crippen LogP contribution >= 0.6 is 0 Å². The fraction of sp³-hybridized carbons (Fsp3) is 0.429. The molecule has 0 saturated heterocycles. The third-order valence-corrected chi connectivity index (χ3v) is 3.04. The van der Waals surface area contributed by atoms with Crippen molar-refractivity contribution in [1.82, 2.24) is 9.38 Å². The molecule has 0 saturated carbocycles. The minimum Gasteiger partial charge on any atom is -0.390 e. The maximum atomic E-state index is 12.1. The summed E-state index contributed by atoms with van der Waals surface area (Å²) in [5.41, 5.74) is 1.71. The number of rotatable bonds is 2. The van der Waals surface area contributed by atoms with Gasteiger partial charge in [0.2, 0.25) is 5.91 Å². The van der Waals surface area contributed by atoms with Crippen molar-refractivity contribution in [3.63, 3.8) is 0 Å². The fourth-order valence-corrected chi connectivity index (χ4v) is 1.84. The highest BCUT2D eigenvalue weighted by molar-refractivity contribution is 5.94. The standard InChI is InChI=1S/C14H19N3O2/c1-9-10(8-18)15-11-6-5-7-12(17(9)11)16-13(19)14(2,3)4/h5-7,18H,8H2,1-4H3,(H,16,19).